The number of hydrogen-bond donors (Lipinski definition) is 1. The molecule has 0 saturated heterocycles. The Bertz CT molecular complexity index is 917. The summed E-state index contributed by atoms with van der Waals surface area (Å²) in [6, 6.07) is 16.9. The van der Waals surface area contributed by atoms with Crippen molar-refractivity contribution in [3.63, 3.8) is 0 Å². The first-order chi connectivity index (χ1) is 12.1. The average Bonchev–Trinajstić information content (AvgIpc) is 2.61. The van der Waals surface area contributed by atoms with Gasteiger partial charge < -0.3 is 10.1 Å². The minimum atomic E-state index is -0.322. The number of anilines is 1. The van der Waals surface area contributed by atoms with Gasteiger partial charge in [-0.25, -0.2) is 4.98 Å². The molecule has 1 heterocycles. The first-order valence-corrected chi connectivity index (χ1v) is 8.99. The summed E-state index contributed by atoms with van der Waals surface area (Å²) >= 11 is 7.41. The van der Waals surface area contributed by atoms with Crippen molar-refractivity contribution in [2.75, 3.05) is 12.4 Å². The highest BCUT2D eigenvalue weighted by Gasteiger charge is 2.17. The summed E-state index contributed by atoms with van der Waals surface area (Å²) in [5.74, 6) is 0.430. The highest BCUT2D eigenvalue weighted by atomic mass is 35.5. The van der Waals surface area contributed by atoms with E-state index in [1.54, 1.807) is 25.3 Å². The van der Waals surface area contributed by atoms with E-state index in [0.29, 0.717) is 16.5 Å². The Kier molecular flexibility index (Phi) is 5.46. The maximum atomic E-state index is 12.5. The molecule has 1 amide bonds. The molecular formula is C19H17ClN2O2S. The van der Waals surface area contributed by atoms with Crippen molar-refractivity contribution in [2.24, 2.45) is 0 Å². The van der Waals surface area contributed by atoms with E-state index in [2.05, 4.69) is 10.3 Å². The summed E-state index contributed by atoms with van der Waals surface area (Å²) in [7, 11) is 1.55. The van der Waals surface area contributed by atoms with E-state index in [-0.39, 0.29) is 11.2 Å². The van der Waals surface area contributed by atoms with Gasteiger partial charge in [-0.2, -0.15) is 0 Å². The number of para-hydroxylation sites is 1. The molecule has 0 radical (unpaired) electrons. The van der Waals surface area contributed by atoms with Crippen molar-refractivity contribution < 1.29 is 9.53 Å². The molecule has 0 aliphatic rings. The third-order valence-corrected chi connectivity index (χ3v) is 4.93. The van der Waals surface area contributed by atoms with Crippen LogP contribution in [-0.4, -0.2) is 23.3 Å². The lowest BCUT2D eigenvalue weighted by molar-refractivity contribution is -0.115. The topological polar surface area (TPSA) is 51.2 Å². The van der Waals surface area contributed by atoms with Crippen LogP contribution >= 0.6 is 23.4 Å². The molecule has 2 aromatic carbocycles. The second kappa shape index (κ2) is 7.76. The molecule has 3 rings (SSSR count). The van der Waals surface area contributed by atoms with E-state index in [0.717, 1.165) is 15.9 Å². The van der Waals surface area contributed by atoms with Crippen molar-refractivity contribution in [3.8, 4) is 5.75 Å². The quantitative estimate of drug-likeness (QED) is 0.639. The fraction of sp³-hybridized carbons (Fsp3) is 0.158. The molecule has 6 heteroatoms. The molecule has 1 atom stereocenters. The van der Waals surface area contributed by atoms with Gasteiger partial charge in [-0.15, -0.1) is 0 Å². The largest absolute Gasteiger partial charge is 0.495 e. The van der Waals surface area contributed by atoms with E-state index in [9.17, 15) is 4.79 Å². The minimum Gasteiger partial charge on any atom is -0.495 e. The zero-order valence-electron chi connectivity index (χ0n) is 13.8. The van der Waals surface area contributed by atoms with Crippen molar-refractivity contribution in [1.29, 1.82) is 0 Å². The molecule has 0 aliphatic carbocycles. The van der Waals surface area contributed by atoms with Crippen molar-refractivity contribution in [2.45, 2.75) is 17.2 Å². The van der Waals surface area contributed by atoms with Gasteiger partial charge in [0.1, 0.15) is 5.75 Å². The summed E-state index contributed by atoms with van der Waals surface area (Å²) in [6.45, 7) is 1.84. The fourth-order valence-corrected chi connectivity index (χ4v) is 3.36. The molecule has 4 nitrogen and oxygen atoms in total. The van der Waals surface area contributed by atoms with Crippen molar-refractivity contribution in [3.05, 3.63) is 59.6 Å². The second-order valence-electron chi connectivity index (χ2n) is 5.44. The molecule has 0 spiro atoms. The smallest absolute Gasteiger partial charge is 0.237 e. The monoisotopic (exact) mass is 372 g/mol. The van der Waals surface area contributed by atoms with Crippen LogP contribution in [0.1, 0.15) is 6.92 Å². The van der Waals surface area contributed by atoms with Gasteiger partial charge in [0.05, 0.1) is 28.6 Å². The lowest BCUT2D eigenvalue weighted by Gasteiger charge is -2.14. The van der Waals surface area contributed by atoms with Crippen LogP contribution in [0.4, 0.5) is 5.69 Å². The number of halogens is 1. The van der Waals surface area contributed by atoms with Gasteiger partial charge in [-0.3, -0.25) is 4.79 Å². The highest BCUT2D eigenvalue weighted by Crippen LogP contribution is 2.29. The number of nitrogens with zero attached hydrogens (tertiary/aromatic N) is 1. The number of methoxy groups -OCH3 is 1. The molecule has 1 N–H and O–H groups in total. The number of nitrogens with one attached hydrogen (secondary N) is 1. The second-order valence-corrected chi connectivity index (χ2v) is 7.23. The summed E-state index contributed by atoms with van der Waals surface area (Å²) in [5, 5.41) is 4.96. The molecule has 128 valence electrons. The molecule has 3 aromatic rings. The lowest BCUT2D eigenvalue weighted by atomic mass is 10.2. The van der Waals surface area contributed by atoms with Crippen LogP contribution in [0.2, 0.25) is 5.02 Å². The Morgan fingerprint density at radius 1 is 1.20 bits per heavy atom. The molecule has 1 unspecified atom stereocenters. The van der Waals surface area contributed by atoms with E-state index in [1.807, 2.05) is 43.3 Å². The van der Waals surface area contributed by atoms with Gasteiger partial charge in [-0.1, -0.05) is 47.6 Å². The molecular weight excluding hydrogens is 356 g/mol. The molecule has 0 saturated carbocycles. The van der Waals surface area contributed by atoms with Crippen LogP contribution in [0.5, 0.6) is 5.75 Å². The first-order valence-electron chi connectivity index (χ1n) is 7.73. The average molecular weight is 373 g/mol. The summed E-state index contributed by atoms with van der Waals surface area (Å²) in [5.41, 5.74) is 1.47. The zero-order valence-corrected chi connectivity index (χ0v) is 15.4. The third-order valence-electron chi connectivity index (χ3n) is 3.66. The molecule has 0 bridgehead atoms. The SMILES string of the molecule is COc1ccc(Cl)cc1NC(=O)C(C)Sc1ccc2ccccc2n1. The summed E-state index contributed by atoms with van der Waals surface area (Å²) in [4.78, 5) is 17.1. The van der Waals surface area contributed by atoms with E-state index >= 15 is 0 Å². The van der Waals surface area contributed by atoms with E-state index in [1.165, 1.54) is 11.8 Å². The highest BCUT2D eigenvalue weighted by molar-refractivity contribution is 8.00. The Labute approximate surface area is 155 Å². The van der Waals surface area contributed by atoms with E-state index in [4.69, 9.17) is 16.3 Å². The Balaban J connectivity index is 1.72. The van der Waals surface area contributed by atoms with Crippen LogP contribution in [-0.2, 0) is 4.79 Å². The fourth-order valence-electron chi connectivity index (χ4n) is 2.36. The normalized spacial score (nSPS) is 12.0. The van der Waals surface area contributed by atoms with Gasteiger partial charge >= 0.3 is 0 Å². The van der Waals surface area contributed by atoms with Crippen LogP contribution in [0.15, 0.2) is 59.6 Å². The third kappa shape index (κ3) is 4.24. The number of thioether (sulfide) groups is 1. The predicted octanol–water partition coefficient (Wildman–Crippen LogP) is 5.02. The Morgan fingerprint density at radius 2 is 2.00 bits per heavy atom. The summed E-state index contributed by atoms with van der Waals surface area (Å²) in [6.07, 6.45) is 0. The number of pyridine rings is 1. The van der Waals surface area contributed by atoms with Crippen LogP contribution in [0, 0.1) is 0 Å². The van der Waals surface area contributed by atoms with Crippen LogP contribution in [0.3, 0.4) is 0 Å². The number of hydrogen-bond acceptors (Lipinski definition) is 4. The Morgan fingerprint density at radius 3 is 2.80 bits per heavy atom. The summed E-state index contributed by atoms with van der Waals surface area (Å²) < 4.78 is 5.25. The van der Waals surface area contributed by atoms with Gasteiger partial charge in [0.15, 0.2) is 0 Å². The van der Waals surface area contributed by atoms with Crippen molar-refractivity contribution in [1.82, 2.24) is 4.98 Å². The molecule has 25 heavy (non-hydrogen) atoms. The van der Waals surface area contributed by atoms with Gasteiger partial charge in [-0.05, 0) is 37.3 Å². The lowest BCUT2D eigenvalue weighted by Crippen LogP contribution is -2.22. The van der Waals surface area contributed by atoms with Crippen LogP contribution in [0.25, 0.3) is 10.9 Å². The van der Waals surface area contributed by atoms with Gasteiger partial charge in [0, 0.05) is 10.4 Å². The number of fused-ring (bicyclic) bond motifs is 1. The Hall–Kier alpha value is -2.24. The number of rotatable bonds is 5. The van der Waals surface area contributed by atoms with Gasteiger partial charge in [0.25, 0.3) is 0 Å². The minimum absolute atomic E-state index is 0.138. The van der Waals surface area contributed by atoms with Gasteiger partial charge in [0.2, 0.25) is 5.91 Å². The number of benzene rings is 2. The number of ether oxygens (including phenoxy) is 1. The number of aromatic nitrogens is 1. The number of carbonyl (C=O) groups is 1. The maximum Gasteiger partial charge on any atom is 0.237 e. The van der Waals surface area contributed by atoms with Crippen LogP contribution < -0.4 is 10.1 Å². The predicted molar refractivity (Wildman–Crippen MR) is 104 cm³/mol. The van der Waals surface area contributed by atoms with Crippen molar-refractivity contribution >= 4 is 45.9 Å². The first kappa shape index (κ1) is 17.6. The maximum absolute atomic E-state index is 12.5. The number of carbonyl (C=O) groups excluding carboxylic acids is 1. The number of amides is 1. The van der Waals surface area contributed by atoms with E-state index < -0.39 is 0 Å². The molecule has 1 aromatic heterocycles. The zero-order chi connectivity index (χ0) is 17.8. The standard InChI is InChI=1S/C19H17ClN2O2S/c1-12(19(23)22-16-11-14(20)8-9-17(16)24-2)25-18-10-7-13-5-3-4-6-15(13)21-18/h3-12H,1-2H3,(H,22,23). The molecule has 0 fully saturated rings. The molecule has 0 aliphatic heterocycles.